The third-order valence-corrected chi connectivity index (χ3v) is 4.53. The first-order valence-corrected chi connectivity index (χ1v) is 8.45. The van der Waals surface area contributed by atoms with Gasteiger partial charge in [0, 0.05) is 24.4 Å². The Bertz CT molecular complexity index is 662. The van der Waals surface area contributed by atoms with Crippen LogP contribution in [0.2, 0.25) is 0 Å². The Morgan fingerprint density at radius 2 is 2.00 bits per heavy atom. The average molecular weight is 330 g/mol. The topological polar surface area (TPSA) is 67.4 Å². The summed E-state index contributed by atoms with van der Waals surface area (Å²) in [4.78, 5) is 24.7. The van der Waals surface area contributed by atoms with Gasteiger partial charge in [0.05, 0.1) is 11.0 Å². The van der Waals surface area contributed by atoms with Gasteiger partial charge in [0.15, 0.2) is 0 Å². The molecule has 5 nitrogen and oxygen atoms in total. The molecular formula is C17H18N2O3S. The van der Waals surface area contributed by atoms with Crippen molar-refractivity contribution in [3.63, 3.8) is 0 Å². The van der Waals surface area contributed by atoms with Crippen molar-refractivity contribution in [1.29, 1.82) is 0 Å². The maximum atomic E-state index is 12.1. The highest BCUT2D eigenvalue weighted by Gasteiger charge is 2.16. The van der Waals surface area contributed by atoms with E-state index in [9.17, 15) is 9.59 Å². The van der Waals surface area contributed by atoms with Crippen molar-refractivity contribution in [2.45, 2.75) is 18.9 Å². The molecular weight excluding hydrogens is 312 g/mol. The van der Waals surface area contributed by atoms with Crippen molar-refractivity contribution >= 4 is 28.8 Å². The van der Waals surface area contributed by atoms with Crippen LogP contribution in [0, 0.1) is 0 Å². The monoisotopic (exact) mass is 330 g/mol. The smallest absolute Gasteiger partial charge is 0.265 e. The number of hydrogen-bond donors (Lipinski definition) is 2. The maximum Gasteiger partial charge on any atom is 0.265 e. The van der Waals surface area contributed by atoms with E-state index >= 15 is 0 Å². The normalized spacial score (nSPS) is 17.0. The van der Waals surface area contributed by atoms with Gasteiger partial charge in [-0.15, -0.1) is 11.3 Å². The number of benzene rings is 1. The number of carbonyl (C=O) groups excluding carboxylic acids is 2. The molecule has 2 amide bonds. The fraction of sp³-hybridized carbons (Fsp3) is 0.294. The van der Waals surface area contributed by atoms with E-state index < -0.39 is 0 Å². The van der Waals surface area contributed by atoms with Gasteiger partial charge in [0.1, 0.15) is 0 Å². The minimum atomic E-state index is -0.143. The molecule has 0 saturated carbocycles. The molecule has 1 aliphatic heterocycles. The van der Waals surface area contributed by atoms with Crippen LogP contribution in [0.25, 0.3) is 0 Å². The van der Waals surface area contributed by atoms with E-state index in [-0.39, 0.29) is 17.9 Å². The number of ether oxygens (including phenoxy) is 1. The number of anilines is 1. The van der Waals surface area contributed by atoms with Gasteiger partial charge in [-0.2, -0.15) is 0 Å². The summed E-state index contributed by atoms with van der Waals surface area (Å²) in [5.74, 6) is -0.271. The molecule has 0 aliphatic carbocycles. The van der Waals surface area contributed by atoms with Crippen LogP contribution in [0.15, 0.2) is 41.8 Å². The quantitative estimate of drug-likeness (QED) is 0.886. The molecule has 1 unspecified atom stereocenters. The summed E-state index contributed by atoms with van der Waals surface area (Å²) in [6.07, 6.45) is 2.18. The predicted octanol–water partition coefficient (Wildman–Crippen LogP) is 2.91. The fourth-order valence-corrected chi connectivity index (χ4v) is 3.04. The predicted molar refractivity (Wildman–Crippen MR) is 90.0 cm³/mol. The van der Waals surface area contributed by atoms with Gasteiger partial charge in [0.2, 0.25) is 0 Å². The maximum absolute atomic E-state index is 12.1. The van der Waals surface area contributed by atoms with E-state index in [1.54, 1.807) is 30.3 Å². The molecule has 1 atom stereocenters. The van der Waals surface area contributed by atoms with E-state index in [0.29, 0.717) is 22.7 Å². The van der Waals surface area contributed by atoms with Crippen molar-refractivity contribution in [2.24, 2.45) is 0 Å². The van der Waals surface area contributed by atoms with Crippen LogP contribution < -0.4 is 10.6 Å². The lowest BCUT2D eigenvalue weighted by Gasteiger charge is -2.11. The summed E-state index contributed by atoms with van der Waals surface area (Å²) >= 11 is 1.39. The van der Waals surface area contributed by atoms with E-state index in [4.69, 9.17) is 4.74 Å². The summed E-state index contributed by atoms with van der Waals surface area (Å²) in [5.41, 5.74) is 1.23. The molecule has 23 heavy (non-hydrogen) atoms. The molecule has 0 bridgehead atoms. The Balaban J connectivity index is 1.53. The highest BCUT2D eigenvalue weighted by molar-refractivity contribution is 7.12. The highest BCUT2D eigenvalue weighted by atomic mass is 32.1. The average Bonchev–Trinajstić information content (AvgIpc) is 3.26. The first-order valence-electron chi connectivity index (χ1n) is 7.57. The standard InChI is InChI=1S/C17H18N2O3S/c20-16(18-11-14-3-1-9-22-14)12-5-7-13(8-6-12)19-17(21)15-4-2-10-23-15/h2,4-8,10,14H,1,3,9,11H2,(H,18,20)(H,19,21). The second-order valence-corrected chi connectivity index (χ2v) is 6.30. The lowest BCUT2D eigenvalue weighted by atomic mass is 10.2. The minimum Gasteiger partial charge on any atom is -0.376 e. The Kier molecular flexibility index (Phi) is 5.05. The Morgan fingerprint density at radius 3 is 2.65 bits per heavy atom. The van der Waals surface area contributed by atoms with E-state index in [1.165, 1.54) is 11.3 Å². The number of amides is 2. The third kappa shape index (κ3) is 4.18. The van der Waals surface area contributed by atoms with Crippen molar-refractivity contribution in [1.82, 2.24) is 5.32 Å². The number of hydrogen-bond acceptors (Lipinski definition) is 4. The molecule has 1 fully saturated rings. The SMILES string of the molecule is O=C(NCC1CCCO1)c1ccc(NC(=O)c2cccs2)cc1. The zero-order valence-corrected chi connectivity index (χ0v) is 13.4. The fourth-order valence-electron chi connectivity index (χ4n) is 2.42. The summed E-state index contributed by atoms with van der Waals surface area (Å²) in [6.45, 7) is 1.31. The molecule has 120 valence electrons. The van der Waals surface area contributed by atoms with Crippen molar-refractivity contribution in [3.8, 4) is 0 Å². The Hall–Kier alpha value is -2.18. The van der Waals surface area contributed by atoms with Crippen LogP contribution in [0.3, 0.4) is 0 Å². The van der Waals surface area contributed by atoms with Crippen molar-refractivity contribution < 1.29 is 14.3 Å². The first-order chi connectivity index (χ1) is 11.2. The molecule has 2 aromatic rings. The summed E-state index contributed by atoms with van der Waals surface area (Å²) in [5, 5.41) is 7.54. The van der Waals surface area contributed by atoms with Crippen LogP contribution in [0.1, 0.15) is 32.9 Å². The largest absolute Gasteiger partial charge is 0.376 e. The molecule has 2 heterocycles. The molecule has 0 radical (unpaired) electrons. The Morgan fingerprint density at radius 1 is 1.17 bits per heavy atom. The molecule has 1 aromatic heterocycles. The van der Waals surface area contributed by atoms with Crippen LogP contribution in [0.4, 0.5) is 5.69 Å². The summed E-state index contributed by atoms with van der Waals surface area (Å²) in [7, 11) is 0. The van der Waals surface area contributed by atoms with Crippen LogP contribution in [-0.2, 0) is 4.74 Å². The second-order valence-electron chi connectivity index (χ2n) is 5.35. The van der Waals surface area contributed by atoms with Crippen molar-refractivity contribution in [2.75, 3.05) is 18.5 Å². The zero-order valence-electron chi connectivity index (χ0n) is 12.6. The van der Waals surface area contributed by atoms with Gasteiger partial charge in [-0.1, -0.05) is 6.07 Å². The lowest BCUT2D eigenvalue weighted by molar-refractivity contribution is 0.0857. The zero-order chi connectivity index (χ0) is 16.1. The van der Waals surface area contributed by atoms with Crippen molar-refractivity contribution in [3.05, 3.63) is 52.2 Å². The van der Waals surface area contributed by atoms with Gasteiger partial charge in [0.25, 0.3) is 11.8 Å². The van der Waals surface area contributed by atoms with Gasteiger partial charge in [-0.05, 0) is 48.6 Å². The molecule has 1 aliphatic rings. The van der Waals surface area contributed by atoms with Gasteiger partial charge in [-0.3, -0.25) is 9.59 Å². The van der Waals surface area contributed by atoms with Gasteiger partial charge < -0.3 is 15.4 Å². The number of nitrogens with one attached hydrogen (secondary N) is 2. The van der Waals surface area contributed by atoms with Crippen LogP contribution in [-0.4, -0.2) is 31.1 Å². The highest BCUT2D eigenvalue weighted by Crippen LogP contribution is 2.15. The number of thiophene rings is 1. The molecule has 1 aromatic carbocycles. The summed E-state index contributed by atoms with van der Waals surface area (Å²) < 4.78 is 5.48. The lowest BCUT2D eigenvalue weighted by Crippen LogP contribution is -2.31. The first kappa shape index (κ1) is 15.7. The van der Waals surface area contributed by atoms with E-state index in [0.717, 1.165) is 19.4 Å². The van der Waals surface area contributed by atoms with E-state index in [2.05, 4.69) is 10.6 Å². The molecule has 3 rings (SSSR count). The van der Waals surface area contributed by atoms with E-state index in [1.807, 2.05) is 11.4 Å². The third-order valence-electron chi connectivity index (χ3n) is 3.66. The second kappa shape index (κ2) is 7.39. The van der Waals surface area contributed by atoms with Gasteiger partial charge in [-0.25, -0.2) is 0 Å². The molecule has 0 spiro atoms. The molecule has 1 saturated heterocycles. The molecule has 6 heteroatoms. The minimum absolute atomic E-state index is 0.128. The Labute approximate surface area is 138 Å². The molecule has 2 N–H and O–H groups in total. The summed E-state index contributed by atoms with van der Waals surface area (Å²) in [6, 6.07) is 10.5. The van der Waals surface area contributed by atoms with Crippen LogP contribution in [0.5, 0.6) is 0 Å². The van der Waals surface area contributed by atoms with Gasteiger partial charge >= 0.3 is 0 Å². The number of rotatable bonds is 5. The van der Waals surface area contributed by atoms with Crippen LogP contribution >= 0.6 is 11.3 Å². The number of carbonyl (C=O) groups is 2.